The van der Waals surface area contributed by atoms with Gasteiger partial charge in [0.2, 0.25) is 0 Å². The van der Waals surface area contributed by atoms with Crippen molar-refractivity contribution in [2.24, 2.45) is 0 Å². The molecule has 0 aliphatic heterocycles. The van der Waals surface area contributed by atoms with Crippen LogP contribution in [0.3, 0.4) is 0 Å². The molecular formula is C7H12Mo. The molecule has 0 radical (unpaired) electrons. The van der Waals surface area contributed by atoms with E-state index in [-0.39, 0.29) is 21.1 Å². The minimum Gasteiger partial charge on any atom is -0.0914 e. The van der Waals surface area contributed by atoms with Crippen LogP contribution in [0.1, 0.15) is 20.3 Å². The number of hydrogen-bond donors (Lipinski definition) is 0. The second kappa shape index (κ2) is 10.2. The molecule has 0 aliphatic carbocycles. The van der Waals surface area contributed by atoms with Crippen molar-refractivity contribution in [3.8, 4) is 0 Å². The van der Waals surface area contributed by atoms with Gasteiger partial charge < -0.3 is 0 Å². The van der Waals surface area contributed by atoms with Crippen molar-refractivity contribution in [3.05, 3.63) is 24.3 Å². The second-order valence-corrected chi connectivity index (χ2v) is 1.37. The second-order valence-electron chi connectivity index (χ2n) is 1.37. The Bertz CT molecular complexity index is 62.5. The fraction of sp³-hybridized carbons (Fsp3) is 0.429. The Balaban J connectivity index is 0. The SMILES string of the molecule is CC=CCC=CC.[Mo]. The first-order chi connectivity index (χ1) is 3.41. The van der Waals surface area contributed by atoms with Crippen molar-refractivity contribution in [2.45, 2.75) is 20.3 Å². The molecule has 0 spiro atoms. The molecule has 8 heavy (non-hydrogen) atoms. The molecule has 1 heteroatoms. The summed E-state index contributed by atoms with van der Waals surface area (Å²) in [5.41, 5.74) is 0. The third-order valence-corrected chi connectivity index (χ3v) is 0.744. The normalized spacial score (nSPS) is 10.2. The zero-order valence-electron chi connectivity index (χ0n) is 5.42. The summed E-state index contributed by atoms with van der Waals surface area (Å²) in [7, 11) is 0. The van der Waals surface area contributed by atoms with Crippen LogP contribution in [-0.4, -0.2) is 0 Å². The first kappa shape index (κ1) is 11.0. The maximum absolute atomic E-state index is 2.12. The average Bonchev–Trinajstić information content (AvgIpc) is 1.69. The summed E-state index contributed by atoms with van der Waals surface area (Å²) in [4.78, 5) is 0. The fourth-order valence-electron chi connectivity index (χ4n) is 0.351. The molecule has 0 N–H and O–H groups in total. The summed E-state index contributed by atoms with van der Waals surface area (Å²) < 4.78 is 0. The van der Waals surface area contributed by atoms with Gasteiger partial charge in [0.15, 0.2) is 0 Å². The van der Waals surface area contributed by atoms with Crippen LogP contribution in [0.15, 0.2) is 24.3 Å². The van der Waals surface area contributed by atoms with Gasteiger partial charge in [0, 0.05) is 21.1 Å². The maximum atomic E-state index is 2.12. The van der Waals surface area contributed by atoms with E-state index in [0.717, 1.165) is 6.42 Å². The maximum Gasteiger partial charge on any atom is 0 e. The first-order valence-electron chi connectivity index (χ1n) is 2.64. The Labute approximate surface area is 65.9 Å². The Morgan fingerprint density at radius 2 is 1.38 bits per heavy atom. The molecule has 0 saturated carbocycles. The molecule has 0 unspecified atom stereocenters. The third kappa shape index (κ3) is 9.48. The van der Waals surface area contributed by atoms with E-state index in [9.17, 15) is 0 Å². The van der Waals surface area contributed by atoms with Crippen LogP contribution in [0.25, 0.3) is 0 Å². The van der Waals surface area contributed by atoms with Gasteiger partial charge in [0.25, 0.3) is 0 Å². The smallest absolute Gasteiger partial charge is 0 e. The number of rotatable bonds is 2. The molecule has 0 amide bonds. The minimum absolute atomic E-state index is 0. The number of hydrogen-bond acceptors (Lipinski definition) is 0. The van der Waals surface area contributed by atoms with Crippen LogP contribution < -0.4 is 0 Å². The van der Waals surface area contributed by atoms with Crippen LogP contribution in [0, 0.1) is 0 Å². The van der Waals surface area contributed by atoms with Gasteiger partial charge in [-0.25, -0.2) is 0 Å². The third-order valence-electron chi connectivity index (χ3n) is 0.744. The molecule has 0 bridgehead atoms. The van der Waals surface area contributed by atoms with E-state index in [1.807, 2.05) is 13.8 Å². The summed E-state index contributed by atoms with van der Waals surface area (Å²) in [6.45, 7) is 4.06. The van der Waals surface area contributed by atoms with Crippen LogP contribution in [0.4, 0.5) is 0 Å². The molecule has 0 aromatic carbocycles. The van der Waals surface area contributed by atoms with Crippen molar-refractivity contribution < 1.29 is 21.1 Å². The van der Waals surface area contributed by atoms with Gasteiger partial charge in [-0.05, 0) is 20.3 Å². The fourth-order valence-corrected chi connectivity index (χ4v) is 0.351. The summed E-state index contributed by atoms with van der Waals surface area (Å²) in [5.74, 6) is 0. The molecule has 0 atom stereocenters. The molecule has 46 valence electrons. The molecular weight excluding hydrogens is 180 g/mol. The van der Waals surface area contributed by atoms with Gasteiger partial charge in [-0.3, -0.25) is 0 Å². The van der Waals surface area contributed by atoms with Crippen LogP contribution in [0.5, 0.6) is 0 Å². The van der Waals surface area contributed by atoms with E-state index in [0.29, 0.717) is 0 Å². The Hall–Kier alpha value is 0.168. The van der Waals surface area contributed by atoms with E-state index in [2.05, 4.69) is 24.3 Å². The van der Waals surface area contributed by atoms with Crippen molar-refractivity contribution in [2.75, 3.05) is 0 Å². The molecule has 0 heterocycles. The van der Waals surface area contributed by atoms with E-state index < -0.39 is 0 Å². The standard InChI is InChI=1S/C7H12.Mo/c1-3-5-7-6-4-2;/h3-6H,7H2,1-2H3;. The Kier molecular flexibility index (Phi) is 14.1. The predicted molar refractivity (Wildman–Crippen MR) is 34.2 cm³/mol. The molecule has 0 fully saturated rings. The van der Waals surface area contributed by atoms with Crippen molar-refractivity contribution in [1.82, 2.24) is 0 Å². The van der Waals surface area contributed by atoms with Crippen LogP contribution in [0.2, 0.25) is 0 Å². The Morgan fingerprint density at radius 1 is 1.00 bits per heavy atom. The molecule has 0 saturated heterocycles. The van der Waals surface area contributed by atoms with Gasteiger partial charge in [0.05, 0.1) is 0 Å². The zero-order chi connectivity index (χ0) is 5.54. The van der Waals surface area contributed by atoms with Crippen molar-refractivity contribution in [1.29, 1.82) is 0 Å². The summed E-state index contributed by atoms with van der Waals surface area (Å²) in [6, 6.07) is 0. The summed E-state index contributed by atoms with van der Waals surface area (Å²) in [5, 5.41) is 0. The number of allylic oxidation sites excluding steroid dienone is 4. The van der Waals surface area contributed by atoms with Crippen molar-refractivity contribution >= 4 is 0 Å². The van der Waals surface area contributed by atoms with Gasteiger partial charge >= 0.3 is 0 Å². The van der Waals surface area contributed by atoms with Crippen LogP contribution in [-0.2, 0) is 21.1 Å². The quantitative estimate of drug-likeness (QED) is 0.465. The largest absolute Gasteiger partial charge is 0.0914 e. The molecule has 0 nitrogen and oxygen atoms in total. The van der Waals surface area contributed by atoms with Gasteiger partial charge in [-0.15, -0.1) is 0 Å². The predicted octanol–water partition coefficient (Wildman–Crippen LogP) is 2.53. The van der Waals surface area contributed by atoms with E-state index >= 15 is 0 Å². The molecule has 0 rings (SSSR count). The zero-order valence-corrected chi connectivity index (χ0v) is 7.43. The van der Waals surface area contributed by atoms with Gasteiger partial charge in [0.1, 0.15) is 0 Å². The molecule has 0 aromatic rings. The first-order valence-corrected chi connectivity index (χ1v) is 2.64. The topological polar surface area (TPSA) is 0 Å². The minimum atomic E-state index is 0. The molecule has 0 aromatic heterocycles. The van der Waals surface area contributed by atoms with E-state index in [4.69, 9.17) is 0 Å². The van der Waals surface area contributed by atoms with E-state index in [1.165, 1.54) is 0 Å². The van der Waals surface area contributed by atoms with Gasteiger partial charge in [-0.1, -0.05) is 24.3 Å². The average molecular weight is 192 g/mol. The summed E-state index contributed by atoms with van der Waals surface area (Å²) >= 11 is 0. The van der Waals surface area contributed by atoms with Crippen molar-refractivity contribution in [3.63, 3.8) is 0 Å². The Morgan fingerprint density at radius 3 is 1.62 bits per heavy atom. The van der Waals surface area contributed by atoms with Gasteiger partial charge in [-0.2, -0.15) is 0 Å². The molecule has 0 aliphatic rings. The monoisotopic (exact) mass is 194 g/mol. The summed E-state index contributed by atoms with van der Waals surface area (Å²) in [6.07, 6.45) is 9.44. The van der Waals surface area contributed by atoms with Crippen LogP contribution >= 0.6 is 0 Å². The van der Waals surface area contributed by atoms with E-state index in [1.54, 1.807) is 0 Å².